The van der Waals surface area contributed by atoms with Crippen molar-refractivity contribution in [1.29, 1.82) is 0 Å². The molecular formula is C18H17FeNS-6. The van der Waals surface area contributed by atoms with Gasteiger partial charge in [0.2, 0.25) is 0 Å². The molecule has 21 heavy (non-hydrogen) atoms. The summed E-state index contributed by atoms with van der Waals surface area (Å²) < 4.78 is 0. The minimum atomic E-state index is 0. The summed E-state index contributed by atoms with van der Waals surface area (Å²) in [6.45, 7) is 0. The molecule has 3 aromatic carbocycles. The van der Waals surface area contributed by atoms with Crippen molar-refractivity contribution in [2.75, 3.05) is 6.26 Å². The summed E-state index contributed by atoms with van der Waals surface area (Å²) in [4.78, 5) is 5.68. The summed E-state index contributed by atoms with van der Waals surface area (Å²) in [5.74, 6) is 0. The summed E-state index contributed by atoms with van der Waals surface area (Å²) in [6.07, 6.45) is 3.96. The first-order valence-corrected chi connectivity index (χ1v) is 7.68. The number of aliphatic imine (C=N–C) groups is 1. The normalized spacial score (nSPS) is 9.76. The zero-order chi connectivity index (χ0) is 14.0. The Morgan fingerprint density at radius 3 is 2.10 bits per heavy atom. The van der Waals surface area contributed by atoms with Crippen LogP contribution in [0.15, 0.2) is 88.8 Å². The molecule has 0 N–H and O–H groups in total. The monoisotopic (exact) mass is 335 g/mol. The zero-order valence-corrected chi connectivity index (χ0v) is 13.7. The van der Waals surface area contributed by atoms with Crippen LogP contribution in [-0.4, -0.2) is 12.5 Å². The topological polar surface area (TPSA) is 12.4 Å². The molecule has 3 rings (SSSR count). The van der Waals surface area contributed by atoms with Crippen molar-refractivity contribution in [3.8, 4) is 0 Å². The number of hydrogen-bond donors (Lipinski definition) is 0. The summed E-state index contributed by atoms with van der Waals surface area (Å²) in [5, 5.41) is 0. The Morgan fingerprint density at radius 2 is 1.52 bits per heavy atom. The minimum absolute atomic E-state index is 0. The first kappa shape index (κ1) is 17.5. The van der Waals surface area contributed by atoms with Gasteiger partial charge in [0.15, 0.2) is 0 Å². The third-order valence-electron chi connectivity index (χ3n) is 2.68. The molecule has 0 unspecified atom stereocenters. The molecule has 0 saturated heterocycles. The van der Waals surface area contributed by atoms with Crippen LogP contribution in [0.3, 0.4) is 0 Å². The van der Waals surface area contributed by atoms with E-state index >= 15 is 0 Å². The van der Waals surface area contributed by atoms with Crippen molar-refractivity contribution < 1.29 is 17.1 Å². The summed E-state index contributed by atoms with van der Waals surface area (Å²) in [5.41, 5.74) is 2.18. The fourth-order valence-electron chi connectivity index (χ4n) is 1.68. The molecule has 3 heteroatoms. The van der Waals surface area contributed by atoms with E-state index in [4.69, 9.17) is 0 Å². The molecule has 114 valence electrons. The van der Waals surface area contributed by atoms with E-state index in [9.17, 15) is 0 Å². The van der Waals surface area contributed by atoms with Crippen molar-refractivity contribution >= 4 is 23.7 Å². The van der Waals surface area contributed by atoms with Crippen molar-refractivity contribution in [3.63, 3.8) is 0 Å². The quantitative estimate of drug-likeness (QED) is 0.274. The molecule has 0 aromatic heterocycles. The standard InChI is InChI=1S/C13H12NS.C5H5.Fe/c1-15-13-9-5-4-8-12(13)14-10-11-6-2-3-7-11;1-2-4-5-3-1;/h2-10H,1H3;1-5H;/q-1;-5;. The molecule has 0 heterocycles. The maximum absolute atomic E-state index is 4.47. The Hall–Kier alpha value is -1.54. The molecule has 0 fully saturated rings. The second-order valence-electron chi connectivity index (χ2n) is 4.11. The molecule has 0 atom stereocenters. The van der Waals surface area contributed by atoms with E-state index in [-0.39, 0.29) is 17.1 Å². The van der Waals surface area contributed by atoms with Gasteiger partial charge >= 0.3 is 0 Å². The number of thioether (sulfide) groups is 1. The van der Waals surface area contributed by atoms with Crippen LogP contribution in [0.1, 0.15) is 5.56 Å². The first-order valence-electron chi connectivity index (χ1n) is 6.45. The van der Waals surface area contributed by atoms with Crippen LogP contribution < -0.4 is 0 Å². The molecule has 0 aliphatic heterocycles. The fraction of sp³-hybridized carbons (Fsp3) is 0.0556. The second kappa shape index (κ2) is 10.2. The average molecular weight is 335 g/mol. The van der Waals surface area contributed by atoms with Crippen LogP contribution in [0.2, 0.25) is 0 Å². The van der Waals surface area contributed by atoms with E-state index in [0.717, 1.165) is 11.3 Å². The van der Waals surface area contributed by atoms with Gasteiger partial charge in [0.25, 0.3) is 0 Å². The first-order chi connectivity index (χ1) is 9.90. The van der Waals surface area contributed by atoms with Gasteiger partial charge in [-0.1, -0.05) is 12.1 Å². The van der Waals surface area contributed by atoms with Crippen LogP contribution in [0.5, 0.6) is 0 Å². The molecule has 0 saturated carbocycles. The third-order valence-corrected chi connectivity index (χ3v) is 3.47. The molecule has 0 aliphatic carbocycles. The molecule has 0 amide bonds. The van der Waals surface area contributed by atoms with Gasteiger partial charge in [0.1, 0.15) is 0 Å². The Kier molecular flexibility index (Phi) is 8.53. The van der Waals surface area contributed by atoms with Crippen LogP contribution in [0.25, 0.3) is 0 Å². The number of nitrogens with zero attached hydrogens (tertiary/aromatic N) is 1. The largest absolute Gasteiger partial charge is 0.748 e. The Balaban J connectivity index is 0.000000313. The second-order valence-corrected chi connectivity index (χ2v) is 4.96. The molecular weight excluding hydrogens is 318 g/mol. The van der Waals surface area contributed by atoms with Gasteiger partial charge in [0.05, 0.1) is 5.69 Å². The summed E-state index contributed by atoms with van der Waals surface area (Å²) in [7, 11) is 0. The fourth-order valence-corrected chi connectivity index (χ4v) is 2.22. The molecule has 1 nitrogen and oxygen atoms in total. The SMILES string of the molecule is CSc1ccccc1N=C[c-]1cccc1.[Fe].[cH-]1[cH-][cH-][cH-][cH-]1. The smallest absolute Gasteiger partial charge is 0.0752 e. The van der Waals surface area contributed by atoms with Crippen molar-refractivity contribution in [3.05, 3.63) is 84.4 Å². The maximum Gasteiger partial charge on any atom is 0.0752 e. The van der Waals surface area contributed by atoms with Gasteiger partial charge in [-0.15, -0.1) is 17.3 Å². The molecule has 0 spiro atoms. The zero-order valence-electron chi connectivity index (χ0n) is 11.8. The predicted molar refractivity (Wildman–Crippen MR) is 89.5 cm³/mol. The average Bonchev–Trinajstić information content (AvgIpc) is 3.21. The summed E-state index contributed by atoms with van der Waals surface area (Å²) in [6, 6.07) is 26.3. The van der Waals surface area contributed by atoms with E-state index in [2.05, 4.69) is 17.3 Å². The van der Waals surface area contributed by atoms with Crippen molar-refractivity contribution in [1.82, 2.24) is 0 Å². The van der Waals surface area contributed by atoms with Crippen LogP contribution >= 0.6 is 11.8 Å². The maximum atomic E-state index is 4.47. The van der Waals surface area contributed by atoms with Gasteiger partial charge in [-0.3, -0.25) is 4.99 Å². The van der Waals surface area contributed by atoms with Crippen molar-refractivity contribution in [2.45, 2.75) is 4.90 Å². The summed E-state index contributed by atoms with van der Waals surface area (Å²) >= 11 is 1.72. The number of para-hydroxylation sites is 1. The predicted octanol–water partition coefficient (Wildman–Crippen LogP) is 5.28. The van der Waals surface area contributed by atoms with Gasteiger partial charge in [-0.25, -0.2) is 12.1 Å². The van der Waals surface area contributed by atoms with Crippen LogP contribution in [-0.2, 0) is 17.1 Å². The number of hydrogen-bond acceptors (Lipinski definition) is 2. The van der Waals surface area contributed by atoms with Crippen LogP contribution in [0, 0.1) is 0 Å². The number of benzene rings is 1. The molecule has 0 aliphatic rings. The Labute approximate surface area is 141 Å². The molecule has 0 bridgehead atoms. The van der Waals surface area contributed by atoms with Gasteiger partial charge < -0.3 is 30.3 Å². The minimum Gasteiger partial charge on any atom is -0.748 e. The van der Waals surface area contributed by atoms with Gasteiger partial charge in [0, 0.05) is 22.0 Å². The Morgan fingerprint density at radius 1 is 0.952 bits per heavy atom. The number of rotatable bonds is 3. The van der Waals surface area contributed by atoms with Gasteiger partial charge in [-0.05, 0) is 24.6 Å². The Bertz CT molecular complexity index is 595. The molecule has 3 aromatic rings. The third kappa shape index (κ3) is 6.17. The van der Waals surface area contributed by atoms with E-state index in [0.29, 0.717) is 0 Å². The van der Waals surface area contributed by atoms with Gasteiger partial charge in [-0.2, -0.15) is 12.1 Å². The van der Waals surface area contributed by atoms with E-state index < -0.39 is 0 Å². The van der Waals surface area contributed by atoms with E-state index in [1.54, 1.807) is 11.8 Å². The van der Waals surface area contributed by atoms with Crippen LogP contribution in [0.4, 0.5) is 5.69 Å². The molecule has 0 radical (unpaired) electrons. The van der Waals surface area contributed by atoms with E-state index in [1.807, 2.05) is 79.0 Å². The van der Waals surface area contributed by atoms with E-state index in [1.165, 1.54) is 4.90 Å². The van der Waals surface area contributed by atoms with Crippen molar-refractivity contribution in [2.24, 2.45) is 4.99 Å².